The number of carbonyl (C=O) groups is 1. The molecule has 0 aliphatic heterocycles. The second-order valence-electron chi connectivity index (χ2n) is 8.98. The third kappa shape index (κ3) is 5.79. The molecule has 0 spiro atoms. The number of hydrogen-bond acceptors (Lipinski definition) is 5. The Morgan fingerprint density at radius 3 is 2.19 bits per heavy atom. The highest BCUT2D eigenvalue weighted by atomic mass is 16.6. The number of hydrogen-bond donors (Lipinski definition) is 1. The highest BCUT2D eigenvalue weighted by Crippen LogP contribution is 2.45. The fraction of sp³-hybridized carbons (Fsp3) is 0.500. The van der Waals surface area contributed by atoms with Gasteiger partial charge in [0.2, 0.25) is 0 Å². The highest BCUT2D eigenvalue weighted by Gasteiger charge is 2.34. The van der Waals surface area contributed by atoms with Gasteiger partial charge in [0, 0.05) is 11.1 Å². The second kappa shape index (κ2) is 10.2. The summed E-state index contributed by atoms with van der Waals surface area (Å²) in [5.41, 5.74) is 11.9. The Hall–Kier alpha value is -2.53. The summed E-state index contributed by atoms with van der Waals surface area (Å²) in [6.07, 6.45) is 1.06. The summed E-state index contributed by atoms with van der Waals surface area (Å²) in [6, 6.07) is 8.22. The quantitative estimate of drug-likeness (QED) is 0.314. The Balaban J connectivity index is 2.83. The number of esters is 1. The number of aryl methyl sites for hydroxylation is 1. The second-order valence-corrected chi connectivity index (χ2v) is 8.98. The SMILES string of the molecule is CCCCOc1c(C)c(-c2ccc(C)cc2)c([C@H](OC(C)(C)C)C(=O)OC)c(C)c1N. The molecule has 0 aliphatic carbocycles. The van der Waals surface area contributed by atoms with E-state index < -0.39 is 17.7 Å². The number of nitrogen functional groups attached to an aromatic ring is 1. The zero-order valence-electron chi connectivity index (χ0n) is 20.2. The van der Waals surface area contributed by atoms with Gasteiger partial charge < -0.3 is 19.9 Å². The van der Waals surface area contributed by atoms with Gasteiger partial charge in [0.05, 0.1) is 25.0 Å². The van der Waals surface area contributed by atoms with Crippen molar-refractivity contribution >= 4 is 11.7 Å². The summed E-state index contributed by atoms with van der Waals surface area (Å²) in [5.74, 6) is 0.217. The lowest BCUT2D eigenvalue weighted by molar-refractivity contribution is -0.164. The van der Waals surface area contributed by atoms with Crippen molar-refractivity contribution in [1.82, 2.24) is 0 Å². The number of unbranched alkanes of at least 4 members (excludes halogenated alkanes) is 1. The predicted octanol–water partition coefficient (Wildman–Crippen LogP) is 6.07. The molecule has 2 aromatic carbocycles. The van der Waals surface area contributed by atoms with Gasteiger partial charge in [0.1, 0.15) is 5.75 Å². The Kier molecular flexibility index (Phi) is 8.13. The summed E-state index contributed by atoms with van der Waals surface area (Å²) in [6.45, 7) is 14.4. The summed E-state index contributed by atoms with van der Waals surface area (Å²) < 4.78 is 17.5. The average molecular weight is 428 g/mol. The Morgan fingerprint density at radius 2 is 1.68 bits per heavy atom. The van der Waals surface area contributed by atoms with Gasteiger partial charge in [-0.3, -0.25) is 0 Å². The van der Waals surface area contributed by atoms with Crippen molar-refractivity contribution in [2.45, 2.75) is 73.0 Å². The lowest BCUT2D eigenvalue weighted by atomic mass is 9.86. The lowest BCUT2D eigenvalue weighted by Gasteiger charge is -2.30. The molecule has 0 saturated heterocycles. The third-order valence-corrected chi connectivity index (χ3v) is 5.27. The third-order valence-electron chi connectivity index (χ3n) is 5.27. The van der Waals surface area contributed by atoms with Crippen molar-refractivity contribution in [1.29, 1.82) is 0 Å². The number of nitrogens with two attached hydrogens (primary N) is 1. The van der Waals surface area contributed by atoms with Gasteiger partial charge >= 0.3 is 5.97 Å². The van der Waals surface area contributed by atoms with Crippen LogP contribution >= 0.6 is 0 Å². The standard InChI is InChI=1S/C26H37NO4/c1-9-10-15-30-23-18(4)20(19-13-11-16(2)12-14-19)21(17(3)22(23)27)24(25(28)29-8)31-26(5,6)7/h11-14,24H,9-10,15,27H2,1-8H3/t24-/m0/s1. The van der Waals surface area contributed by atoms with Crippen molar-refractivity contribution in [3.63, 3.8) is 0 Å². The molecule has 170 valence electrons. The van der Waals surface area contributed by atoms with Gasteiger partial charge in [-0.15, -0.1) is 0 Å². The van der Waals surface area contributed by atoms with Crippen LogP contribution in [-0.4, -0.2) is 25.3 Å². The summed E-state index contributed by atoms with van der Waals surface area (Å²) in [5, 5.41) is 0. The Morgan fingerprint density at radius 1 is 1.06 bits per heavy atom. The molecule has 2 rings (SSSR count). The monoisotopic (exact) mass is 427 g/mol. The molecule has 0 bridgehead atoms. The maximum Gasteiger partial charge on any atom is 0.339 e. The zero-order chi connectivity index (χ0) is 23.3. The Labute approximate surface area is 186 Å². The van der Waals surface area contributed by atoms with Gasteiger partial charge in [-0.05, 0) is 64.7 Å². The van der Waals surface area contributed by atoms with E-state index in [1.807, 2.05) is 41.5 Å². The predicted molar refractivity (Wildman–Crippen MR) is 126 cm³/mol. The minimum Gasteiger partial charge on any atom is -0.491 e. The normalized spacial score (nSPS) is 12.5. The fourth-order valence-corrected chi connectivity index (χ4v) is 3.63. The first kappa shape index (κ1) is 24.7. The number of benzene rings is 2. The van der Waals surface area contributed by atoms with E-state index in [4.69, 9.17) is 19.9 Å². The first-order chi connectivity index (χ1) is 14.5. The molecule has 0 unspecified atom stereocenters. The van der Waals surface area contributed by atoms with Crippen molar-refractivity contribution in [2.24, 2.45) is 0 Å². The molecule has 0 aliphatic rings. The van der Waals surface area contributed by atoms with Crippen molar-refractivity contribution in [2.75, 3.05) is 19.5 Å². The molecule has 0 amide bonds. The van der Waals surface area contributed by atoms with Gasteiger partial charge in [-0.1, -0.05) is 43.2 Å². The van der Waals surface area contributed by atoms with Crippen molar-refractivity contribution in [3.05, 3.63) is 46.5 Å². The number of ether oxygens (including phenoxy) is 3. The number of carbonyl (C=O) groups excluding carboxylic acids is 1. The largest absolute Gasteiger partial charge is 0.491 e. The first-order valence-corrected chi connectivity index (χ1v) is 10.9. The zero-order valence-corrected chi connectivity index (χ0v) is 20.2. The average Bonchev–Trinajstić information content (AvgIpc) is 2.71. The van der Waals surface area contributed by atoms with Crippen molar-refractivity contribution < 1.29 is 19.0 Å². The van der Waals surface area contributed by atoms with Crippen LogP contribution in [0.3, 0.4) is 0 Å². The first-order valence-electron chi connectivity index (χ1n) is 10.9. The minimum atomic E-state index is -0.910. The highest BCUT2D eigenvalue weighted by molar-refractivity contribution is 5.87. The van der Waals surface area contributed by atoms with Gasteiger partial charge in [-0.2, -0.15) is 0 Å². The van der Waals surface area contributed by atoms with E-state index in [2.05, 4.69) is 31.2 Å². The van der Waals surface area contributed by atoms with Gasteiger partial charge in [0.15, 0.2) is 6.10 Å². The molecule has 5 heteroatoms. The molecule has 5 nitrogen and oxygen atoms in total. The van der Waals surface area contributed by atoms with Crippen LogP contribution in [0.5, 0.6) is 5.75 Å². The van der Waals surface area contributed by atoms with E-state index in [-0.39, 0.29) is 0 Å². The van der Waals surface area contributed by atoms with Crippen LogP contribution in [0.25, 0.3) is 11.1 Å². The molecule has 0 radical (unpaired) electrons. The number of rotatable bonds is 8. The van der Waals surface area contributed by atoms with Crippen LogP contribution in [0.2, 0.25) is 0 Å². The van der Waals surface area contributed by atoms with E-state index in [0.717, 1.165) is 46.2 Å². The van der Waals surface area contributed by atoms with Gasteiger partial charge in [-0.25, -0.2) is 4.79 Å². The molecule has 0 saturated carbocycles. The number of anilines is 1. The van der Waals surface area contributed by atoms with Crippen LogP contribution in [0, 0.1) is 20.8 Å². The van der Waals surface area contributed by atoms with Gasteiger partial charge in [0.25, 0.3) is 0 Å². The van der Waals surface area contributed by atoms with Crippen LogP contribution < -0.4 is 10.5 Å². The van der Waals surface area contributed by atoms with E-state index in [0.29, 0.717) is 18.0 Å². The van der Waals surface area contributed by atoms with Crippen molar-refractivity contribution in [3.8, 4) is 16.9 Å². The molecule has 2 N–H and O–H groups in total. The smallest absolute Gasteiger partial charge is 0.339 e. The molecule has 1 atom stereocenters. The molecular formula is C26H37NO4. The fourth-order valence-electron chi connectivity index (χ4n) is 3.63. The number of methoxy groups -OCH3 is 1. The topological polar surface area (TPSA) is 70.8 Å². The maximum atomic E-state index is 12.9. The lowest BCUT2D eigenvalue weighted by Crippen LogP contribution is -2.29. The summed E-state index contributed by atoms with van der Waals surface area (Å²) in [4.78, 5) is 12.9. The van der Waals surface area contributed by atoms with Crippen LogP contribution in [0.4, 0.5) is 5.69 Å². The van der Waals surface area contributed by atoms with E-state index in [1.165, 1.54) is 7.11 Å². The maximum absolute atomic E-state index is 12.9. The Bertz CT molecular complexity index is 911. The molecule has 31 heavy (non-hydrogen) atoms. The molecule has 0 heterocycles. The molecule has 0 aromatic heterocycles. The molecule has 2 aromatic rings. The van der Waals surface area contributed by atoms with Crippen LogP contribution in [-0.2, 0) is 14.3 Å². The molecular weight excluding hydrogens is 390 g/mol. The van der Waals surface area contributed by atoms with E-state index >= 15 is 0 Å². The van der Waals surface area contributed by atoms with Crippen LogP contribution in [0.1, 0.15) is 68.9 Å². The molecule has 0 fully saturated rings. The summed E-state index contributed by atoms with van der Waals surface area (Å²) >= 11 is 0. The van der Waals surface area contributed by atoms with E-state index in [9.17, 15) is 4.79 Å². The minimum absolute atomic E-state index is 0.454. The summed E-state index contributed by atoms with van der Waals surface area (Å²) in [7, 11) is 1.38. The van der Waals surface area contributed by atoms with E-state index in [1.54, 1.807) is 0 Å². The van der Waals surface area contributed by atoms with Crippen LogP contribution in [0.15, 0.2) is 24.3 Å².